The van der Waals surface area contributed by atoms with Crippen molar-refractivity contribution in [3.05, 3.63) is 0 Å². The van der Waals surface area contributed by atoms with Crippen molar-refractivity contribution >= 4 is 0 Å². The van der Waals surface area contributed by atoms with E-state index < -0.39 is 0 Å². The second kappa shape index (κ2) is 6.58. The molecule has 2 bridgehead atoms. The molecule has 3 aliphatic rings. The summed E-state index contributed by atoms with van der Waals surface area (Å²) < 4.78 is 0. The van der Waals surface area contributed by atoms with Gasteiger partial charge in [0.1, 0.15) is 0 Å². The molecule has 1 N–H and O–H groups in total. The number of piperidine rings is 1. The Bertz CT molecular complexity index is 258. The van der Waals surface area contributed by atoms with Gasteiger partial charge in [0.15, 0.2) is 0 Å². The molecule has 0 aromatic rings. The zero-order chi connectivity index (χ0) is 13.1. The van der Waals surface area contributed by atoms with E-state index >= 15 is 0 Å². The Hall–Kier alpha value is -0.0800. The lowest BCUT2D eigenvalue weighted by molar-refractivity contribution is 0.113. The summed E-state index contributed by atoms with van der Waals surface area (Å²) in [4.78, 5) is 2.88. The fourth-order valence-corrected chi connectivity index (χ4v) is 4.96. The summed E-state index contributed by atoms with van der Waals surface area (Å²) >= 11 is 0. The SMILES string of the molecule is CCNC1CC2CCC(C1)N2CCCC1CCCC1. The van der Waals surface area contributed by atoms with E-state index in [4.69, 9.17) is 0 Å². The number of hydrogen-bond donors (Lipinski definition) is 1. The molecule has 2 nitrogen and oxygen atoms in total. The highest BCUT2D eigenvalue weighted by molar-refractivity contribution is 4.97. The zero-order valence-corrected chi connectivity index (χ0v) is 12.7. The van der Waals surface area contributed by atoms with Crippen molar-refractivity contribution in [2.45, 2.75) is 89.3 Å². The average Bonchev–Trinajstić information content (AvgIpc) is 2.98. The maximum absolute atomic E-state index is 3.68. The molecule has 0 aromatic heterocycles. The van der Waals surface area contributed by atoms with Crippen LogP contribution in [0.3, 0.4) is 0 Å². The Morgan fingerprint density at radius 3 is 2.32 bits per heavy atom. The molecule has 1 saturated carbocycles. The minimum absolute atomic E-state index is 0.814. The van der Waals surface area contributed by atoms with Gasteiger partial charge in [0.25, 0.3) is 0 Å². The molecule has 0 radical (unpaired) electrons. The summed E-state index contributed by atoms with van der Waals surface area (Å²) in [6.07, 6.45) is 14.8. The number of nitrogens with one attached hydrogen (secondary N) is 1. The van der Waals surface area contributed by atoms with E-state index in [1.807, 2.05) is 0 Å². The first-order valence-electron chi connectivity index (χ1n) is 8.86. The van der Waals surface area contributed by atoms with Crippen molar-refractivity contribution < 1.29 is 0 Å². The molecule has 2 unspecified atom stereocenters. The van der Waals surface area contributed by atoms with Crippen molar-refractivity contribution in [3.63, 3.8) is 0 Å². The molecule has 2 heteroatoms. The van der Waals surface area contributed by atoms with Crippen molar-refractivity contribution in [1.82, 2.24) is 10.2 Å². The van der Waals surface area contributed by atoms with Gasteiger partial charge in [-0.1, -0.05) is 32.6 Å². The van der Waals surface area contributed by atoms with E-state index in [0.717, 1.165) is 30.6 Å². The number of nitrogens with zero attached hydrogens (tertiary/aromatic N) is 1. The highest BCUT2D eigenvalue weighted by Gasteiger charge is 2.39. The molecular weight excluding hydrogens is 232 g/mol. The lowest BCUT2D eigenvalue weighted by Crippen LogP contribution is -2.49. The van der Waals surface area contributed by atoms with Crippen LogP contribution in [0, 0.1) is 5.92 Å². The summed E-state index contributed by atoms with van der Waals surface area (Å²) in [5.41, 5.74) is 0. The van der Waals surface area contributed by atoms with Gasteiger partial charge >= 0.3 is 0 Å². The first kappa shape index (κ1) is 13.9. The summed E-state index contributed by atoms with van der Waals surface area (Å²) in [6, 6.07) is 2.63. The van der Waals surface area contributed by atoms with Crippen LogP contribution in [0.25, 0.3) is 0 Å². The highest BCUT2D eigenvalue weighted by Crippen LogP contribution is 2.36. The predicted octanol–water partition coefficient (Wildman–Crippen LogP) is 3.56. The molecule has 0 amide bonds. The van der Waals surface area contributed by atoms with Crippen molar-refractivity contribution in [2.75, 3.05) is 13.1 Å². The first-order valence-corrected chi connectivity index (χ1v) is 8.86. The van der Waals surface area contributed by atoms with Crippen molar-refractivity contribution in [1.29, 1.82) is 0 Å². The van der Waals surface area contributed by atoms with Gasteiger partial charge in [0.05, 0.1) is 0 Å². The van der Waals surface area contributed by atoms with Crippen LogP contribution >= 0.6 is 0 Å². The second-order valence-electron chi connectivity index (χ2n) is 7.14. The molecule has 110 valence electrons. The third kappa shape index (κ3) is 3.33. The van der Waals surface area contributed by atoms with Gasteiger partial charge in [0.2, 0.25) is 0 Å². The van der Waals surface area contributed by atoms with E-state index in [0.29, 0.717) is 0 Å². The van der Waals surface area contributed by atoms with Crippen molar-refractivity contribution in [3.8, 4) is 0 Å². The van der Waals surface area contributed by atoms with Gasteiger partial charge in [-0.25, -0.2) is 0 Å². The topological polar surface area (TPSA) is 15.3 Å². The van der Waals surface area contributed by atoms with Crippen LogP contribution in [0.5, 0.6) is 0 Å². The van der Waals surface area contributed by atoms with Gasteiger partial charge in [-0.05, 0) is 57.5 Å². The largest absolute Gasteiger partial charge is 0.314 e. The fraction of sp³-hybridized carbons (Fsp3) is 1.00. The highest BCUT2D eigenvalue weighted by atomic mass is 15.2. The van der Waals surface area contributed by atoms with Gasteiger partial charge in [-0.2, -0.15) is 0 Å². The average molecular weight is 264 g/mol. The van der Waals surface area contributed by atoms with Crippen LogP contribution in [0.4, 0.5) is 0 Å². The lowest BCUT2D eigenvalue weighted by Gasteiger charge is -2.39. The number of rotatable bonds is 6. The molecule has 1 aliphatic carbocycles. The van der Waals surface area contributed by atoms with E-state index in [9.17, 15) is 0 Å². The van der Waals surface area contributed by atoms with Crippen LogP contribution in [0.15, 0.2) is 0 Å². The minimum atomic E-state index is 0.814. The summed E-state index contributed by atoms with van der Waals surface area (Å²) in [7, 11) is 0. The molecule has 3 fully saturated rings. The Labute approximate surface area is 119 Å². The van der Waals surface area contributed by atoms with Crippen molar-refractivity contribution in [2.24, 2.45) is 5.92 Å². The van der Waals surface area contributed by atoms with Gasteiger partial charge in [0, 0.05) is 18.1 Å². The maximum Gasteiger partial charge on any atom is 0.0114 e. The molecule has 2 atom stereocenters. The van der Waals surface area contributed by atoms with E-state index in [-0.39, 0.29) is 0 Å². The summed E-state index contributed by atoms with van der Waals surface area (Å²) in [5.74, 6) is 1.08. The molecular formula is C17H32N2. The first-order chi connectivity index (χ1) is 9.36. The molecule has 2 heterocycles. The molecule has 2 aliphatic heterocycles. The zero-order valence-electron chi connectivity index (χ0n) is 12.7. The third-order valence-corrected chi connectivity index (χ3v) is 5.88. The maximum atomic E-state index is 3.68. The summed E-state index contributed by atoms with van der Waals surface area (Å²) in [6.45, 7) is 4.78. The Kier molecular flexibility index (Phi) is 4.81. The van der Waals surface area contributed by atoms with E-state index in [1.165, 1.54) is 70.8 Å². The van der Waals surface area contributed by atoms with Gasteiger partial charge in [-0.3, -0.25) is 4.90 Å². The van der Waals surface area contributed by atoms with Crippen LogP contribution in [0.2, 0.25) is 0 Å². The monoisotopic (exact) mass is 264 g/mol. The Morgan fingerprint density at radius 1 is 1.00 bits per heavy atom. The van der Waals surface area contributed by atoms with Gasteiger partial charge in [-0.15, -0.1) is 0 Å². The quantitative estimate of drug-likeness (QED) is 0.789. The van der Waals surface area contributed by atoms with Crippen LogP contribution < -0.4 is 5.32 Å². The Morgan fingerprint density at radius 2 is 1.68 bits per heavy atom. The standard InChI is InChI=1S/C17H32N2/c1-2-18-15-12-16-9-10-17(13-15)19(16)11-5-8-14-6-3-4-7-14/h14-18H,2-13H2,1H3. The predicted molar refractivity (Wildman–Crippen MR) is 81.4 cm³/mol. The molecule has 2 saturated heterocycles. The number of fused-ring (bicyclic) bond motifs is 2. The van der Waals surface area contributed by atoms with Crippen LogP contribution in [-0.4, -0.2) is 36.1 Å². The fourth-order valence-electron chi connectivity index (χ4n) is 4.96. The number of hydrogen-bond acceptors (Lipinski definition) is 2. The van der Waals surface area contributed by atoms with E-state index in [1.54, 1.807) is 0 Å². The molecule has 3 rings (SSSR count). The minimum Gasteiger partial charge on any atom is -0.314 e. The Balaban J connectivity index is 1.42. The van der Waals surface area contributed by atoms with Crippen LogP contribution in [-0.2, 0) is 0 Å². The molecule has 0 spiro atoms. The van der Waals surface area contributed by atoms with Crippen LogP contribution in [0.1, 0.15) is 71.1 Å². The van der Waals surface area contributed by atoms with Gasteiger partial charge < -0.3 is 5.32 Å². The molecule has 0 aromatic carbocycles. The normalized spacial score (nSPS) is 36.2. The summed E-state index contributed by atoms with van der Waals surface area (Å²) in [5, 5.41) is 3.68. The molecule has 19 heavy (non-hydrogen) atoms. The van der Waals surface area contributed by atoms with E-state index in [2.05, 4.69) is 17.1 Å². The lowest BCUT2D eigenvalue weighted by atomic mass is 9.96. The smallest absolute Gasteiger partial charge is 0.0114 e. The third-order valence-electron chi connectivity index (χ3n) is 5.88. The second-order valence-corrected chi connectivity index (χ2v) is 7.14.